The number of unbranched alkanes of at least 4 members (excludes halogenated alkanes) is 51. The minimum absolute atomic E-state index is 0.101. The lowest BCUT2D eigenvalue weighted by atomic mass is 10.0. The summed E-state index contributed by atoms with van der Waals surface area (Å²) in [5.74, 6) is -1.55. The molecule has 0 rings (SSSR count). The Morgan fingerprint density at radius 1 is 0.225 bits per heavy atom. The molecule has 129 heavy (non-hydrogen) atoms. The predicted octanol–water partition coefficient (Wildman–Crippen LogP) is 33.6. The number of allylic oxidation sites excluding steroid dienone is 26. The second-order valence-corrected chi connectivity index (χ2v) is 38.2. The molecule has 0 aromatic heterocycles. The van der Waals surface area contributed by atoms with Crippen molar-refractivity contribution in [2.75, 3.05) is 39.6 Å². The highest BCUT2D eigenvalue weighted by Gasteiger charge is 2.30. The molecular weight excluding hydrogens is 1650 g/mol. The maximum absolute atomic E-state index is 13.1. The van der Waals surface area contributed by atoms with Crippen LogP contribution in [0.1, 0.15) is 470 Å². The van der Waals surface area contributed by atoms with Gasteiger partial charge in [-0.3, -0.25) is 32.5 Å². The van der Waals surface area contributed by atoms with Crippen molar-refractivity contribution in [2.45, 2.75) is 489 Å². The average molecular weight is 1850 g/mol. The first-order valence-corrected chi connectivity index (χ1v) is 55.8. The lowest BCUT2D eigenvalue weighted by molar-refractivity contribution is -0.161. The molecule has 5 unspecified atom stereocenters. The third kappa shape index (κ3) is 104. The molecule has 0 radical (unpaired) electrons. The number of esters is 3. The summed E-state index contributed by atoms with van der Waals surface area (Å²) in [4.78, 5) is 59.3. The SMILES string of the molecule is CC/C=C\C/C=C\C/C=C\C/C=C\C/C=C\CCCCCCCCCCCCCCCC(=O)OC(COC(=O)CCCCCCCCCCCCCCCCC/C=C\C/C=C\C/C=C\C/C=C\CCCCC)COP(=O)(O)OCC(O)COP(=O)(O)OCC(O)COC(=O)CCCCCCCCCCCCCCCCCCC/C=C\C/C=C\C/C=C\C/C=C\CCCCC. The number of hydrogen-bond donors (Lipinski definition) is 4. The van der Waals surface area contributed by atoms with Crippen LogP contribution >= 0.6 is 15.6 Å². The second-order valence-electron chi connectivity index (χ2n) is 35.3. The molecule has 0 heterocycles. The number of aliphatic hydroxyl groups excluding tert-OH is 2. The summed E-state index contributed by atoms with van der Waals surface area (Å²) < 4.78 is 61.8. The minimum Gasteiger partial charge on any atom is -0.463 e. The van der Waals surface area contributed by atoms with E-state index in [0.717, 1.165) is 141 Å². The number of hydrogen-bond acceptors (Lipinski definition) is 14. The highest BCUT2D eigenvalue weighted by molar-refractivity contribution is 7.47. The molecule has 0 saturated carbocycles. The van der Waals surface area contributed by atoms with Gasteiger partial charge in [-0.15, -0.1) is 0 Å². The van der Waals surface area contributed by atoms with Crippen LogP contribution in [0.3, 0.4) is 0 Å². The van der Waals surface area contributed by atoms with Gasteiger partial charge in [0.1, 0.15) is 25.4 Å². The zero-order valence-corrected chi connectivity index (χ0v) is 84.4. The van der Waals surface area contributed by atoms with Gasteiger partial charge in [0.25, 0.3) is 0 Å². The Kier molecular flexibility index (Phi) is 98.3. The Labute approximate surface area is 790 Å². The topological polar surface area (TPSA) is 231 Å². The normalized spacial score (nSPS) is 14.3. The summed E-state index contributed by atoms with van der Waals surface area (Å²) in [7, 11) is -9.82. The standard InChI is InChI=1S/C111H194O16P2/c1-4-7-10-13-16-19-22-25-28-31-34-37-40-43-46-49-51-52-54-57-58-61-64-67-70-73-76-79-82-85-88-91-94-97-109(114)121-100-106(112)101-123-128(117,118)124-102-107(113)103-125-129(119,120)126-105-108(127-111(116)99-96-93-90-87-84-81-78-75-72-69-66-63-60-55-48-45-42-39-36-33-30-27-24-21-18-15-12-9-6-3)104-122-110(115)98-95-92-89-86-83-80-77-74-71-68-65-62-59-56-53-50-47-44-41-38-35-32-29-26-23-20-17-14-11-8-5-2/h9,12,16-21,25-30,34-39,43-48,106-108,112-113H,4-8,10-11,13-15,22-24,31-33,40-42,49-105H2,1-3H3,(H,117,118)(H,119,120)/b12-9-,19-16-,20-17-,21-18-,28-25-,29-26-,30-27-,37-34-,38-35-,39-36-,46-43-,47-44-,48-45-. The quantitative estimate of drug-likeness (QED) is 0.0146. The summed E-state index contributed by atoms with van der Waals surface area (Å²) in [6, 6.07) is 0. The number of phosphoric ester groups is 2. The average Bonchev–Trinajstić information content (AvgIpc) is 0.899. The van der Waals surface area contributed by atoms with Crippen LogP contribution < -0.4 is 0 Å². The van der Waals surface area contributed by atoms with Crippen molar-refractivity contribution in [1.82, 2.24) is 0 Å². The molecule has 18 heteroatoms. The van der Waals surface area contributed by atoms with Gasteiger partial charge in [-0.1, -0.05) is 455 Å². The van der Waals surface area contributed by atoms with E-state index >= 15 is 0 Å². The van der Waals surface area contributed by atoms with Crippen molar-refractivity contribution in [2.24, 2.45) is 0 Å². The highest BCUT2D eigenvalue weighted by atomic mass is 31.2. The van der Waals surface area contributed by atoms with E-state index in [0.29, 0.717) is 19.3 Å². The summed E-state index contributed by atoms with van der Waals surface area (Å²) in [5.41, 5.74) is 0. The maximum Gasteiger partial charge on any atom is 0.472 e. The molecule has 744 valence electrons. The number of carbonyl (C=O) groups is 3. The number of aliphatic hydroxyl groups is 2. The minimum atomic E-state index is -4.95. The van der Waals surface area contributed by atoms with Gasteiger partial charge in [0.15, 0.2) is 6.10 Å². The first-order valence-electron chi connectivity index (χ1n) is 52.8. The molecular formula is C111H194O16P2. The number of carbonyl (C=O) groups excluding carboxylic acids is 3. The molecule has 0 aromatic rings. The van der Waals surface area contributed by atoms with E-state index in [-0.39, 0.29) is 19.3 Å². The molecule has 0 spiro atoms. The molecule has 16 nitrogen and oxygen atoms in total. The highest BCUT2D eigenvalue weighted by Crippen LogP contribution is 2.45. The Morgan fingerprint density at radius 3 is 0.651 bits per heavy atom. The van der Waals surface area contributed by atoms with Crippen molar-refractivity contribution in [1.29, 1.82) is 0 Å². The predicted molar refractivity (Wildman–Crippen MR) is 546 cm³/mol. The van der Waals surface area contributed by atoms with Crippen LogP contribution in [-0.4, -0.2) is 95.9 Å². The van der Waals surface area contributed by atoms with Gasteiger partial charge in [-0.2, -0.15) is 0 Å². The van der Waals surface area contributed by atoms with Gasteiger partial charge < -0.3 is 34.2 Å². The lowest BCUT2D eigenvalue weighted by Gasteiger charge is -2.21. The molecule has 0 amide bonds. The van der Waals surface area contributed by atoms with Gasteiger partial charge >= 0.3 is 33.6 Å². The van der Waals surface area contributed by atoms with E-state index in [4.69, 9.17) is 32.3 Å². The van der Waals surface area contributed by atoms with Gasteiger partial charge in [-0.25, -0.2) is 9.13 Å². The summed E-state index contributed by atoms with van der Waals surface area (Å²) >= 11 is 0. The molecule has 0 bridgehead atoms. The zero-order valence-electron chi connectivity index (χ0n) is 82.6. The van der Waals surface area contributed by atoms with Crippen LogP contribution in [0.4, 0.5) is 0 Å². The van der Waals surface area contributed by atoms with Gasteiger partial charge in [0.2, 0.25) is 0 Å². The first-order chi connectivity index (χ1) is 63.2. The van der Waals surface area contributed by atoms with Gasteiger partial charge in [-0.05, 0) is 154 Å². The number of ether oxygens (including phenoxy) is 3. The fraction of sp³-hybridized carbons (Fsp3) is 0.739. The van der Waals surface area contributed by atoms with Crippen LogP contribution in [0.2, 0.25) is 0 Å². The van der Waals surface area contributed by atoms with Crippen molar-refractivity contribution in [3.8, 4) is 0 Å². The van der Waals surface area contributed by atoms with Gasteiger partial charge in [0, 0.05) is 19.3 Å². The van der Waals surface area contributed by atoms with Crippen molar-refractivity contribution < 1.29 is 75.8 Å². The number of rotatable bonds is 100. The molecule has 0 fully saturated rings. The Morgan fingerprint density at radius 2 is 0.411 bits per heavy atom. The molecule has 0 aliphatic rings. The van der Waals surface area contributed by atoms with E-state index in [9.17, 15) is 43.5 Å². The van der Waals surface area contributed by atoms with Crippen molar-refractivity contribution >= 4 is 33.6 Å². The van der Waals surface area contributed by atoms with Crippen LogP contribution in [0.25, 0.3) is 0 Å². The van der Waals surface area contributed by atoms with Crippen LogP contribution in [0.15, 0.2) is 158 Å². The third-order valence-corrected chi connectivity index (χ3v) is 24.6. The van der Waals surface area contributed by atoms with Crippen molar-refractivity contribution in [3.63, 3.8) is 0 Å². The molecule has 4 N–H and O–H groups in total. The van der Waals surface area contributed by atoms with Crippen LogP contribution in [-0.2, 0) is 55.8 Å². The van der Waals surface area contributed by atoms with Crippen LogP contribution in [0.5, 0.6) is 0 Å². The fourth-order valence-electron chi connectivity index (χ4n) is 14.7. The monoisotopic (exact) mass is 1850 g/mol. The first kappa shape index (κ1) is 124. The maximum atomic E-state index is 13.1. The van der Waals surface area contributed by atoms with E-state index in [1.165, 1.54) is 270 Å². The Bertz CT molecular complexity index is 2980. The second kappa shape index (κ2) is 102. The van der Waals surface area contributed by atoms with Crippen molar-refractivity contribution in [3.05, 3.63) is 158 Å². The molecule has 0 aromatic carbocycles. The lowest BCUT2D eigenvalue weighted by Crippen LogP contribution is -2.30. The summed E-state index contributed by atoms with van der Waals surface area (Å²) in [5, 5.41) is 20.8. The van der Waals surface area contributed by atoms with Crippen LogP contribution in [0, 0.1) is 0 Å². The van der Waals surface area contributed by atoms with E-state index in [1.807, 2.05) is 0 Å². The molecule has 5 atom stereocenters. The van der Waals surface area contributed by atoms with Gasteiger partial charge in [0.05, 0.1) is 26.4 Å². The van der Waals surface area contributed by atoms with E-state index < -0.39 is 91.5 Å². The Hall–Kier alpha value is -4.83. The fourth-order valence-corrected chi connectivity index (χ4v) is 16.3. The molecule has 0 saturated heterocycles. The van der Waals surface area contributed by atoms with E-state index in [1.54, 1.807) is 0 Å². The Balaban J connectivity index is 4.60. The number of phosphoric acid groups is 2. The van der Waals surface area contributed by atoms with E-state index in [2.05, 4.69) is 179 Å². The summed E-state index contributed by atoms with van der Waals surface area (Å²) in [6.07, 6.45) is 133. The molecule has 0 aliphatic heterocycles. The smallest absolute Gasteiger partial charge is 0.463 e. The largest absolute Gasteiger partial charge is 0.472 e. The third-order valence-electron chi connectivity index (χ3n) is 22.7. The molecule has 0 aliphatic carbocycles. The summed E-state index contributed by atoms with van der Waals surface area (Å²) in [6.45, 7) is 2.60. The zero-order chi connectivity index (χ0) is 93.5.